The fourth-order valence-electron chi connectivity index (χ4n) is 3.95. The lowest BCUT2D eigenvalue weighted by atomic mass is 9.94. The van der Waals surface area contributed by atoms with Crippen LogP contribution in [0.25, 0.3) is 0 Å². The van der Waals surface area contributed by atoms with Gasteiger partial charge in [-0.05, 0) is 66.6 Å². The zero-order valence-corrected chi connectivity index (χ0v) is 18.9. The van der Waals surface area contributed by atoms with Gasteiger partial charge in [0.15, 0.2) is 5.75 Å². The number of hydrogen-bond donors (Lipinski definition) is 1. The fourth-order valence-corrected chi connectivity index (χ4v) is 3.95. The van der Waals surface area contributed by atoms with E-state index in [2.05, 4.69) is 5.32 Å². The number of nitrogens with one attached hydrogen (secondary N) is 1. The van der Waals surface area contributed by atoms with Crippen LogP contribution in [0.3, 0.4) is 0 Å². The number of carbonyl (C=O) groups excluding carboxylic acids is 1. The van der Waals surface area contributed by atoms with Gasteiger partial charge in [0.1, 0.15) is 5.75 Å². The van der Waals surface area contributed by atoms with Gasteiger partial charge in [-0.1, -0.05) is 13.8 Å². The largest absolute Gasteiger partial charge is 0.465 e. The number of alkyl halides is 6. The first kappa shape index (κ1) is 25.7. The predicted molar refractivity (Wildman–Crippen MR) is 114 cm³/mol. The van der Waals surface area contributed by atoms with Gasteiger partial charge in [-0.15, -0.1) is 0 Å². The van der Waals surface area contributed by atoms with Crippen molar-refractivity contribution in [3.8, 4) is 11.5 Å². The van der Waals surface area contributed by atoms with Gasteiger partial charge in [0.25, 0.3) is 0 Å². The number of ether oxygens (including phenoxy) is 2. The van der Waals surface area contributed by atoms with Crippen molar-refractivity contribution in [3.63, 3.8) is 0 Å². The van der Waals surface area contributed by atoms with Gasteiger partial charge < -0.3 is 14.8 Å². The highest BCUT2D eigenvalue weighted by atomic mass is 19.4. The Morgan fingerprint density at radius 1 is 1.06 bits per heavy atom. The van der Waals surface area contributed by atoms with E-state index in [4.69, 9.17) is 9.47 Å². The van der Waals surface area contributed by atoms with Gasteiger partial charge in [-0.25, -0.2) is 0 Å². The lowest BCUT2D eigenvalue weighted by Crippen LogP contribution is -2.17. The third-order valence-corrected chi connectivity index (χ3v) is 5.48. The number of benzene rings is 2. The first-order chi connectivity index (χ1) is 15.8. The lowest BCUT2D eigenvalue weighted by Gasteiger charge is -2.22. The van der Waals surface area contributed by atoms with E-state index in [0.717, 1.165) is 0 Å². The van der Waals surface area contributed by atoms with Crippen molar-refractivity contribution in [2.45, 2.75) is 45.5 Å². The number of esters is 1. The summed E-state index contributed by atoms with van der Waals surface area (Å²) in [7, 11) is 1.67. The molecule has 1 heterocycles. The summed E-state index contributed by atoms with van der Waals surface area (Å²) >= 11 is 0. The summed E-state index contributed by atoms with van der Waals surface area (Å²) in [5.74, 6) is -2.69. The van der Waals surface area contributed by atoms with Crippen LogP contribution in [0.4, 0.5) is 32.0 Å². The van der Waals surface area contributed by atoms with Gasteiger partial charge in [0, 0.05) is 12.7 Å². The Labute approximate surface area is 193 Å². The first-order valence-corrected chi connectivity index (χ1v) is 10.8. The van der Waals surface area contributed by atoms with Crippen molar-refractivity contribution < 1.29 is 40.6 Å². The minimum atomic E-state index is -5.12. The number of halogens is 6. The Balaban J connectivity index is 2.11. The first-order valence-electron chi connectivity index (χ1n) is 10.8. The van der Waals surface area contributed by atoms with Crippen molar-refractivity contribution >= 4 is 11.7 Å². The maximum absolute atomic E-state index is 13.9. The molecule has 1 aliphatic heterocycles. The number of anilines is 1. The Kier molecular flexibility index (Phi) is 7.38. The van der Waals surface area contributed by atoms with E-state index in [1.807, 2.05) is 13.8 Å². The average molecular weight is 489 g/mol. The molecule has 1 fully saturated rings. The third-order valence-electron chi connectivity index (χ3n) is 5.48. The van der Waals surface area contributed by atoms with Crippen molar-refractivity contribution in [1.82, 2.24) is 0 Å². The van der Waals surface area contributed by atoms with Crippen LogP contribution in [0.5, 0.6) is 11.5 Å². The van der Waals surface area contributed by atoms with Crippen LogP contribution in [-0.2, 0) is 34.7 Å². The highest BCUT2D eigenvalue weighted by Crippen LogP contribution is 2.47. The summed E-state index contributed by atoms with van der Waals surface area (Å²) in [6.45, 7) is 3.97. The summed E-state index contributed by atoms with van der Waals surface area (Å²) in [5, 5.41) is 2.96. The lowest BCUT2D eigenvalue weighted by molar-refractivity contribution is -0.145. The fraction of sp³-hybridized carbons (Fsp3) is 0.458. The van der Waals surface area contributed by atoms with Gasteiger partial charge in [-0.3, -0.25) is 4.79 Å². The van der Waals surface area contributed by atoms with Crippen molar-refractivity contribution in [2.75, 3.05) is 19.0 Å². The Bertz CT molecular complexity index is 1010. The van der Waals surface area contributed by atoms with E-state index >= 15 is 0 Å². The molecular formula is C24H25F6NO3. The van der Waals surface area contributed by atoms with Gasteiger partial charge in [0.05, 0.1) is 23.7 Å². The van der Waals surface area contributed by atoms with Crippen LogP contribution < -0.4 is 10.1 Å². The van der Waals surface area contributed by atoms with E-state index in [9.17, 15) is 31.1 Å². The third kappa shape index (κ3) is 5.95. The monoisotopic (exact) mass is 489 g/mol. The molecule has 2 aromatic carbocycles. The molecule has 1 aliphatic rings. The van der Waals surface area contributed by atoms with Crippen molar-refractivity contribution in [2.24, 2.45) is 11.8 Å². The smallest absolute Gasteiger partial charge is 0.420 e. The van der Waals surface area contributed by atoms with Crippen molar-refractivity contribution in [1.29, 1.82) is 0 Å². The highest BCUT2D eigenvalue weighted by Gasteiger charge is 2.43. The summed E-state index contributed by atoms with van der Waals surface area (Å²) in [4.78, 5) is 11.7. The SMILES string of the molecule is CNc1ccc(Oc2c(C(F)(F)F)cc(CC3CCOC3=O)cc2C(F)(F)F)cc1CC(C)C. The number of rotatable bonds is 7. The maximum Gasteiger partial charge on any atom is 0.420 e. The molecular weight excluding hydrogens is 464 g/mol. The van der Waals surface area contributed by atoms with Crippen LogP contribution in [0.1, 0.15) is 42.5 Å². The molecule has 2 aromatic rings. The van der Waals surface area contributed by atoms with Crippen LogP contribution in [-0.4, -0.2) is 19.6 Å². The molecule has 1 atom stereocenters. The summed E-state index contributed by atoms with van der Waals surface area (Å²) < 4.78 is 93.5. The minimum absolute atomic E-state index is 0.0876. The second kappa shape index (κ2) is 9.76. The van der Waals surface area contributed by atoms with Gasteiger partial charge in [0.2, 0.25) is 0 Å². The standard InChI is InChI=1S/C24H25F6NO3/c1-13(2)8-16-12-17(4-5-20(16)31-3)34-21-18(23(25,26)27)10-14(11-19(21)24(28,29)30)9-15-6-7-33-22(15)32/h4-5,10-13,15,31H,6-9H2,1-3H3. The van der Waals surface area contributed by atoms with E-state index in [1.54, 1.807) is 13.1 Å². The van der Waals surface area contributed by atoms with E-state index < -0.39 is 41.1 Å². The normalized spacial score (nSPS) is 16.6. The van der Waals surface area contributed by atoms with E-state index in [-0.39, 0.29) is 36.7 Å². The molecule has 3 rings (SSSR count). The molecule has 0 aliphatic carbocycles. The van der Waals surface area contributed by atoms with Crippen LogP contribution >= 0.6 is 0 Å². The van der Waals surface area contributed by atoms with E-state index in [1.165, 1.54) is 12.1 Å². The Hall–Kier alpha value is -2.91. The summed E-state index contributed by atoms with van der Waals surface area (Å²) in [5.41, 5.74) is -1.96. The molecule has 0 aromatic heterocycles. The van der Waals surface area contributed by atoms with E-state index in [0.29, 0.717) is 29.8 Å². The topological polar surface area (TPSA) is 47.6 Å². The van der Waals surface area contributed by atoms with Crippen molar-refractivity contribution in [3.05, 3.63) is 52.6 Å². The van der Waals surface area contributed by atoms with Crippen LogP contribution in [0.15, 0.2) is 30.3 Å². The minimum Gasteiger partial charge on any atom is -0.465 e. The van der Waals surface area contributed by atoms with Crippen LogP contribution in [0, 0.1) is 11.8 Å². The van der Waals surface area contributed by atoms with Gasteiger partial charge >= 0.3 is 18.3 Å². The molecule has 1 N–H and O–H groups in total. The molecule has 10 heteroatoms. The molecule has 4 nitrogen and oxygen atoms in total. The zero-order valence-electron chi connectivity index (χ0n) is 18.9. The Morgan fingerprint density at radius 3 is 2.15 bits per heavy atom. The molecule has 0 radical (unpaired) electrons. The summed E-state index contributed by atoms with van der Waals surface area (Å²) in [6, 6.07) is 5.54. The predicted octanol–water partition coefficient (Wildman–Crippen LogP) is 6.86. The van der Waals surface area contributed by atoms with Crippen LogP contribution in [0.2, 0.25) is 0 Å². The quantitative estimate of drug-likeness (QED) is 0.341. The number of cyclic esters (lactones) is 1. The maximum atomic E-state index is 13.9. The highest BCUT2D eigenvalue weighted by molar-refractivity contribution is 5.74. The second-order valence-electron chi connectivity index (χ2n) is 8.64. The number of carbonyl (C=O) groups is 1. The second-order valence-corrected chi connectivity index (χ2v) is 8.64. The summed E-state index contributed by atoms with van der Waals surface area (Å²) in [6.07, 6.45) is -9.75. The molecule has 1 saturated heterocycles. The molecule has 1 unspecified atom stereocenters. The average Bonchev–Trinajstić information content (AvgIpc) is 3.11. The molecule has 0 amide bonds. The molecule has 0 saturated carbocycles. The molecule has 0 spiro atoms. The zero-order chi connectivity index (χ0) is 25.3. The number of hydrogen-bond acceptors (Lipinski definition) is 4. The Morgan fingerprint density at radius 2 is 1.68 bits per heavy atom. The molecule has 186 valence electrons. The van der Waals surface area contributed by atoms with Gasteiger partial charge in [-0.2, -0.15) is 26.3 Å². The molecule has 0 bridgehead atoms. The molecule has 34 heavy (non-hydrogen) atoms.